The zero-order valence-electron chi connectivity index (χ0n) is 10.4. The molecule has 0 saturated heterocycles. The van der Waals surface area contributed by atoms with Crippen molar-refractivity contribution in [2.75, 3.05) is 4.90 Å². The highest BCUT2D eigenvalue weighted by molar-refractivity contribution is 9.12. The van der Waals surface area contributed by atoms with E-state index in [1.54, 1.807) is 6.92 Å². The number of rotatable bonds is 1. The van der Waals surface area contributed by atoms with Crippen LogP contribution in [0, 0.1) is 0 Å². The average molecular weight is 330 g/mol. The number of hydrogen-bond acceptors (Lipinski definition) is 5. The van der Waals surface area contributed by atoms with Crippen LogP contribution in [0.2, 0.25) is 0 Å². The van der Waals surface area contributed by atoms with Gasteiger partial charge in [-0.1, -0.05) is 32.1 Å². The number of halogens is 1. The molecular formula is C11H12BrN3O2S. The Morgan fingerprint density at radius 2 is 1.78 bits per heavy atom. The lowest BCUT2D eigenvalue weighted by molar-refractivity contribution is -0.120. The fourth-order valence-electron chi connectivity index (χ4n) is 1.40. The van der Waals surface area contributed by atoms with Crippen molar-refractivity contribution in [2.45, 2.75) is 33.1 Å². The summed E-state index contributed by atoms with van der Waals surface area (Å²) in [7, 11) is 0. The first-order valence-electron chi connectivity index (χ1n) is 5.32. The van der Waals surface area contributed by atoms with Crippen LogP contribution in [0.15, 0.2) is 10.1 Å². The van der Waals surface area contributed by atoms with Gasteiger partial charge >= 0.3 is 0 Å². The van der Waals surface area contributed by atoms with Gasteiger partial charge in [0.1, 0.15) is 5.01 Å². The first-order chi connectivity index (χ1) is 8.23. The Balaban J connectivity index is 2.38. The second-order valence-corrected chi connectivity index (χ2v) is 6.77. The molecular weight excluding hydrogens is 318 g/mol. The molecule has 0 saturated carbocycles. The molecule has 0 N–H and O–H groups in total. The zero-order valence-corrected chi connectivity index (χ0v) is 12.8. The molecule has 1 aromatic heterocycles. The number of carbonyl (C=O) groups is 2. The minimum Gasteiger partial charge on any atom is -0.268 e. The molecule has 0 aliphatic carbocycles. The molecule has 0 unspecified atom stereocenters. The molecule has 0 spiro atoms. The van der Waals surface area contributed by atoms with E-state index in [0.717, 1.165) is 9.91 Å². The molecule has 2 amide bonds. The maximum absolute atomic E-state index is 11.9. The summed E-state index contributed by atoms with van der Waals surface area (Å²) in [6, 6.07) is 0. The van der Waals surface area contributed by atoms with E-state index in [0.29, 0.717) is 15.2 Å². The highest BCUT2D eigenvalue weighted by Crippen LogP contribution is 2.34. The Kier molecular flexibility index (Phi) is 3.14. The van der Waals surface area contributed by atoms with E-state index in [1.807, 2.05) is 20.8 Å². The molecule has 2 heterocycles. The van der Waals surface area contributed by atoms with Gasteiger partial charge < -0.3 is 0 Å². The number of anilines is 1. The molecule has 2 rings (SSSR count). The van der Waals surface area contributed by atoms with Crippen molar-refractivity contribution in [3.05, 3.63) is 15.1 Å². The summed E-state index contributed by atoms with van der Waals surface area (Å²) in [6.45, 7) is 7.62. The lowest BCUT2D eigenvalue weighted by Gasteiger charge is -2.13. The van der Waals surface area contributed by atoms with Gasteiger partial charge in [-0.3, -0.25) is 9.59 Å². The van der Waals surface area contributed by atoms with Crippen LogP contribution < -0.4 is 4.90 Å². The fraction of sp³-hybridized carbons (Fsp3) is 0.455. The first-order valence-corrected chi connectivity index (χ1v) is 6.93. The second kappa shape index (κ2) is 4.24. The van der Waals surface area contributed by atoms with Gasteiger partial charge in [0, 0.05) is 11.0 Å². The number of carbonyl (C=O) groups excluding carboxylic acids is 2. The fourth-order valence-corrected chi connectivity index (χ4v) is 2.64. The number of amides is 2. The third kappa shape index (κ3) is 2.01. The normalized spacial score (nSPS) is 17.1. The maximum Gasteiger partial charge on any atom is 0.274 e. The van der Waals surface area contributed by atoms with Gasteiger partial charge in [-0.25, -0.2) is 4.90 Å². The summed E-state index contributed by atoms with van der Waals surface area (Å²) in [5.41, 5.74) is 0.244. The lowest BCUT2D eigenvalue weighted by atomic mass is 9.98. The summed E-state index contributed by atoms with van der Waals surface area (Å²) < 4.78 is 0.292. The first kappa shape index (κ1) is 13.4. The van der Waals surface area contributed by atoms with Crippen molar-refractivity contribution in [3.8, 4) is 0 Å². The SMILES string of the molecule is CC1=C(Br)C(=O)N(c2nnc(C(C)(C)C)s2)C1=O. The standard InChI is InChI=1S/C11H12BrN3O2S/c1-5-6(12)8(17)15(7(5)16)10-14-13-9(18-10)11(2,3)4/h1-4H3. The van der Waals surface area contributed by atoms with Gasteiger partial charge in [0.05, 0.1) is 4.48 Å². The third-order valence-electron chi connectivity index (χ3n) is 2.49. The molecule has 1 aliphatic heterocycles. The summed E-state index contributed by atoms with van der Waals surface area (Å²) in [4.78, 5) is 24.9. The number of nitrogens with zero attached hydrogens (tertiary/aromatic N) is 3. The quantitative estimate of drug-likeness (QED) is 0.742. The molecule has 0 aromatic carbocycles. The van der Waals surface area contributed by atoms with E-state index < -0.39 is 0 Å². The smallest absolute Gasteiger partial charge is 0.268 e. The molecule has 5 nitrogen and oxygen atoms in total. The highest BCUT2D eigenvalue weighted by atomic mass is 79.9. The van der Waals surface area contributed by atoms with E-state index in [9.17, 15) is 9.59 Å². The van der Waals surface area contributed by atoms with Crippen molar-refractivity contribution >= 4 is 44.2 Å². The molecule has 1 aromatic rings. The minimum atomic E-state index is -0.380. The molecule has 1 aliphatic rings. The number of hydrogen-bond donors (Lipinski definition) is 0. The van der Waals surface area contributed by atoms with Crippen LogP contribution in [0.3, 0.4) is 0 Å². The summed E-state index contributed by atoms with van der Waals surface area (Å²) in [5.74, 6) is -0.724. The molecule has 7 heteroatoms. The molecule has 96 valence electrons. The Labute approximate surface area is 117 Å². The van der Waals surface area contributed by atoms with Crippen molar-refractivity contribution in [2.24, 2.45) is 0 Å². The minimum absolute atomic E-state index is 0.151. The third-order valence-corrected chi connectivity index (χ3v) is 4.76. The monoisotopic (exact) mass is 329 g/mol. The van der Waals surface area contributed by atoms with Crippen molar-refractivity contribution in [1.82, 2.24) is 10.2 Å². The van der Waals surface area contributed by atoms with E-state index in [-0.39, 0.29) is 17.2 Å². The van der Waals surface area contributed by atoms with Crippen molar-refractivity contribution in [1.29, 1.82) is 0 Å². The van der Waals surface area contributed by atoms with Crippen molar-refractivity contribution in [3.63, 3.8) is 0 Å². The van der Waals surface area contributed by atoms with Gasteiger partial charge in [0.15, 0.2) is 0 Å². The van der Waals surface area contributed by atoms with Gasteiger partial charge in [-0.2, -0.15) is 0 Å². The van der Waals surface area contributed by atoms with Gasteiger partial charge in [0.2, 0.25) is 5.13 Å². The molecule has 0 radical (unpaired) electrons. The van der Waals surface area contributed by atoms with Crippen LogP contribution in [-0.4, -0.2) is 22.0 Å². The predicted molar refractivity (Wildman–Crippen MR) is 72.7 cm³/mol. The summed E-state index contributed by atoms with van der Waals surface area (Å²) >= 11 is 4.38. The van der Waals surface area contributed by atoms with E-state index in [4.69, 9.17) is 0 Å². The lowest BCUT2D eigenvalue weighted by Crippen LogP contribution is -2.30. The molecule has 0 atom stereocenters. The maximum atomic E-state index is 11.9. The highest BCUT2D eigenvalue weighted by Gasteiger charge is 2.38. The van der Waals surface area contributed by atoms with Crippen LogP contribution in [0.5, 0.6) is 0 Å². The van der Waals surface area contributed by atoms with Gasteiger partial charge in [-0.15, -0.1) is 10.2 Å². The van der Waals surface area contributed by atoms with Crippen molar-refractivity contribution < 1.29 is 9.59 Å². The Bertz CT molecular complexity index is 547. The number of aromatic nitrogens is 2. The predicted octanol–water partition coefficient (Wildman–Crippen LogP) is 2.38. The second-order valence-electron chi connectivity index (χ2n) is 5.02. The van der Waals surface area contributed by atoms with Crippen LogP contribution in [-0.2, 0) is 15.0 Å². The molecule has 0 fully saturated rings. The Morgan fingerprint density at radius 3 is 2.17 bits per heavy atom. The van der Waals surface area contributed by atoms with Gasteiger partial charge in [0.25, 0.3) is 11.8 Å². The van der Waals surface area contributed by atoms with E-state index in [1.165, 1.54) is 11.3 Å². The molecule has 18 heavy (non-hydrogen) atoms. The van der Waals surface area contributed by atoms with E-state index in [2.05, 4.69) is 26.1 Å². The Hall–Kier alpha value is -1.08. The summed E-state index contributed by atoms with van der Waals surface area (Å²) in [6.07, 6.45) is 0. The van der Waals surface area contributed by atoms with Crippen LogP contribution in [0.1, 0.15) is 32.7 Å². The largest absolute Gasteiger partial charge is 0.274 e. The average Bonchev–Trinajstić information content (AvgIpc) is 2.81. The Morgan fingerprint density at radius 1 is 1.17 bits per heavy atom. The van der Waals surface area contributed by atoms with Crippen LogP contribution in [0.4, 0.5) is 5.13 Å². The van der Waals surface area contributed by atoms with Crippen LogP contribution in [0.25, 0.3) is 0 Å². The number of imide groups is 1. The topological polar surface area (TPSA) is 63.2 Å². The van der Waals surface area contributed by atoms with Crippen LogP contribution >= 0.6 is 27.3 Å². The van der Waals surface area contributed by atoms with Gasteiger partial charge in [-0.05, 0) is 22.9 Å². The summed E-state index contributed by atoms with van der Waals surface area (Å²) in [5, 5.41) is 9.09. The molecule has 0 bridgehead atoms. The van der Waals surface area contributed by atoms with E-state index >= 15 is 0 Å². The zero-order chi connectivity index (χ0) is 13.7.